The molecule has 1 aromatic heterocycles. The highest BCUT2D eigenvalue weighted by Crippen LogP contribution is 2.21. The Morgan fingerprint density at radius 2 is 2.22 bits per heavy atom. The highest BCUT2D eigenvalue weighted by atomic mass is 16.3. The average Bonchev–Trinajstić information content (AvgIpc) is 2.55. The molecule has 0 aromatic carbocycles. The summed E-state index contributed by atoms with van der Waals surface area (Å²) in [4.78, 5) is 2.56. The van der Waals surface area contributed by atoms with Gasteiger partial charge in [0.05, 0.1) is 13.1 Å². The summed E-state index contributed by atoms with van der Waals surface area (Å²) in [5, 5.41) is 3.15. The number of hydrogen-bond donors (Lipinski definition) is 1. The molecule has 2 heterocycles. The lowest BCUT2D eigenvalue weighted by molar-refractivity contribution is 0.188. The smallest absolute Gasteiger partial charge is 0.120 e. The molecule has 0 bridgehead atoms. The van der Waals surface area contributed by atoms with Gasteiger partial charge >= 0.3 is 0 Å². The second-order valence-corrected chi connectivity index (χ2v) is 5.52. The first-order valence-corrected chi connectivity index (χ1v) is 7.17. The maximum atomic E-state index is 5.94. The van der Waals surface area contributed by atoms with E-state index >= 15 is 0 Å². The Morgan fingerprint density at radius 1 is 1.39 bits per heavy atom. The molecule has 2 rings (SSSR count). The monoisotopic (exact) mass is 250 g/mol. The first-order chi connectivity index (χ1) is 8.70. The van der Waals surface area contributed by atoms with E-state index in [1.807, 2.05) is 7.05 Å². The zero-order valence-electron chi connectivity index (χ0n) is 12.0. The van der Waals surface area contributed by atoms with E-state index < -0.39 is 0 Å². The number of hydrogen-bond acceptors (Lipinski definition) is 3. The van der Waals surface area contributed by atoms with Crippen molar-refractivity contribution in [1.29, 1.82) is 0 Å². The van der Waals surface area contributed by atoms with Crippen molar-refractivity contribution in [3.63, 3.8) is 0 Å². The molecule has 0 amide bonds. The van der Waals surface area contributed by atoms with Crippen molar-refractivity contribution in [2.75, 3.05) is 13.6 Å². The minimum Gasteiger partial charge on any atom is -0.463 e. The van der Waals surface area contributed by atoms with E-state index in [1.165, 1.54) is 37.8 Å². The number of likely N-dealkylation sites (tertiary alicyclic amines) is 1. The van der Waals surface area contributed by atoms with E-state index in [4.69, 9.17) is 4.42 Å². The number of furan rings is 1. The standard InChI is InChI=1S/C15H26N2O/c1-12-9-14(18-15(12)10-16-3)11-17-8-6-4-5-7-13(17)2/h9,13,16H,4-8,10-11H2,1-3H3. The fraction of sp³-hybridized carbons (Fsp3) is 0.733. The first-order valence-electron chi connectivity index (χ1n) is 7.17. The summed E-state index contributed by atoms with van der Waals surface area (Å²) in [5.74, 6) is 2.20. The second-order valence-electron chi connectivity index (χ2n) is 5.52. The zero-order chi connectivity index (χ0) is 13.0. The van der Waals surface area contributed by atoms with Crippen molar-refractivity contribution < 1.29 is 4.42 Å². The van der Waals surface area contributed by atoms with Gasteiger partial charge in [-0.15, -0.1) is 0 Å². The zero-order valence-corrected chi connectivity index (χ0v) is 12.0. The molecule has 3 nitrogen and oxygen atoms in total. The molecule has 18 heavy (non-hydrogen) atoms. The van der Waals surface area contributed by atoms with Gasteiger partial charge in [0.2, 0.25) is 0 Å². The second kappa shape index (κ2) is 6.39. The third-order valence-corrected chi connectivity index (χ3v) is 3.96. The van der Waals surface area contributed by atoms with E-state index in [-0.39, 0.29) is 0 Å². The van der Waals surface area contributed by atoms with Gasteiger partial charge in [-0.2, -0.15) is 0 Å². The minimum atomic E-state index is 0.686. The van der Waals surface area contributed by atoms with Crippen LogP contribution in [0.25, 0.3) is 0 Å². The maximum absolute atomic E-state index is 5.94. The van der Waals surface area contributed by atoms with Crippen LogP contribution in [0.2, 0.25) is 0 Å². The lowest BCUT2D eigenvalue weighted by Crippen LogP contribution is -2.31. The van der Waals surface area contributed by atoms with Crippen LogP contribution in [-0.2, 0) is 13.1 Å². The van der Waals surface area contributed by atoms with Gasteiger partial charge in [-0.05, 0) is 51.9 Å². The van der Waals surface area contributed by atoms with E-state index in [9.17, 15) is 0 Å². The Balaban J connectivity index is 2.01. The minimum absolute atomic E-state index is 0.686. The van der Waals surface area contributed by atoms with Crippen molar-refractivity contribution >= 4 is 0 Å². The molecule has 1 N–H and O–H groups in total. The highest BCUT2D eigenvalue weighted by Gasteiger charge is 2.18. The average molecular weight is 250 g/mol. The maximum Gasteiger partial charge on any atom is 0.120 e. The number of nitrogens with one attached hydrogen (secondary N) is 1. The van der Waals surface area contributed by atoms with Gasteiger partial charge in [0.25, 0.3) is 0 Å². The molecule has 1 aliphatic rings. The van der Waals surface area contributed by atoms with Gasteiger partial charge < -0.3 is 9.73 Å². The van der Waals surface area contributed by atoms with Crippen LogP contribution in [0.5, 0.6) is 0 Å². The summed E-state index contributed by atoms with van der Waals surface area (Å²) in [7, 11) is 1.96. The van der Waals surface area contributed by atoms with Crippen molar-refractivity contribution in [2.24, 2.45) is 0 Å². The van der Waals surface area contributed by atoms with E-state index in [0.717, 1.165) is 24.6 Å². The van der Waals surface area contributed by atoms with Gasteiger partial charge in [0.1, 0.15) is 11.5 Å². The Kier molecular flexibility index (Phi) is 4.84. The molecule has 1 aliphatic heterocycles. The fourth-order valence-electron chi connectivity index (χ4n) is 2.77. The summed E-state index contributed by atoms with van der Waals surface area (Å²) >= 11 is 0. The van der Waals surface area contributed by atoms with E-state index in [0.29, 0.717) is 6.04 Å². The third kappa shape index (κ3) is 3.36. The number of rotatable bonds is 4. The molecule has 0 radical (unpaired) electrons. The largest absolute Gasteiger partial charge is 0.463 e. The van der Waals surface area contributed by atoms with Crippen LogP contribution in [0, 0.1) is 6.92 Å². The Hall–Kier alpha value is -0.800. The molecule has 3 heteroatoms. The molecule has 0 aliphatic carbocycles. The van der Waals surface area contributed by atoms with Crippen molar-refractivity contribution in [3.05, 3.63) is 23.2 Å². The normalized spacial score (nSPS) is 22.1. The van der Waals surface area contributed by atoms with Crippen LogP contribution in [0.3, 0.4) is 0 Å². The predicted molar refractivity (Wildman–Crippen MR) is 74.5 cm³/mol. The Bertz CT molecular complexity index is 373. The molecule has 1 aromatic rings. The fourth-order valence-corrected chi connectivity index (χ4v) is 2.77. The molecule has 0 spiro atoms. The summed E-state index contributed by atoms with van der Waals surface area (Å²) < 4.78 is 5.94. The lowest BCUT2D eigenvalue weighted by atomic mass is 10.1. The Labute approximate surface area is 111 Å². The molecule has 1 atom stereocenters. The molecular formula is C15H26N2O. The number of aryl methyl sites for hydroxylation is 1. The van der Waals surface area contributed by atoms with Gasteiger partial charge in [0, 0.05) is 6.04 Å². The number of nitrogens with zero attached hydrogens (tertiary/aromatic N) is 1. The van der Waals surface area contributed by atoms with Gasteiger partial charge in [0.15, 0.2) is 0 Å². The highest BCUT2D eigenvalue weighted by molar-refractivity contribution is 5.20. The molecule has 1 saturated heterocycles. The van der Waals surface area contributed by atoms with Crippen LogP contribution in [0.1, 0.15) is 49.7 Å². The van der Waals surface area contributed by atoms with Gasteiger partial charge in [-0.1, -0.05) is 12.8 Å². The quantitative estimate of drug-likeness (QED) is 0.890. The topological polar surface area (TPSA) is 28.4 Å². The summed E-state index contributed by atoms with van der Waals surface area (Å²) in [6, 6.07) is 2.88. The molecule has 0 saturated carbocycles. The van der Waals surface area contributed by atoms with E-state index in [1.54, 1.807) is 0 Å². The summed E-state index contributed by atoms with van der Waals surface area (Å²) in [6.07, 6.45) is 5.40. The SMILES string of the molecule is CNCc1oc(CN2CCCCCC2C)cc1C. The van der Waals surface area contributed by atoms with Gasteiger partial charge in [-0.25, -0.2) is 0 Å². The van der Waals surface area contributed by atoms with Crippen LogP contribution in [-0.4, -0.2) is 24.5 Å². The lowest BCUT2D eigenvalue weighted by Gasteiger charge is -2.25. The van der Waals surface area contributed by atoms with Crippen molar-refractivity contribution in [2.45, 2.75) is 58.7 Å². The van der Waals surface area contributed by atoms with Crippen molar-refractivity contribution in [1.82, 2.24) is 10.2 Å². The molecule has 1 unspecified atom stereocenters. The van der Waals surface area contributed by atoms with Crippen LogP contribution in [0.4, 0.5) is 0 Å². The predicted octanol–water partition coefficient (Wildman–Crippen LogP) is 3.07. The van der Waals surface area contributed by atoms with Crippen LogP contribution in [0.15, 0.2) is 10.5 Å². The van der Waals surface area contributed by atoms with E-state index in [2.05, 4.69) is 30.1 Å². The molecule has 1 fully saturated rings. The van der Waals surface area contributed by atoms with Crippen LogP contribution >= 0.6 is 0 Å². The van der Waals surface area contributed by atoms with Crippen LogP contribution < -0.4 is 5.32 Å². The Morgan fingerprint density at radius 3 is 3.00 bits per heavy atom. The third-order valence-electron chi connectivity index (χ3n) is 3.96. The van der Waals surface area contributed by atoms with Crippen molar-refractivity contribution in [3.8, 4) is 0 Å². The molecular weight excluding hydrogens is 224 g/mol. The first kappa shape index (κ1) is 13.6. The summed E-state index contributed by atoms with van der Waals surface area (Å²) in [5.41, 5.74) is 1.27. The summed E-state index contributed by atoms with van der Waals surface area (Å²) in [6.45, 7) is 7.47. The molecule has 102 valence electrons. The van der Waals surface area contributed by atoms with Gasteiger partial charge in [-0.3, -0.25) is 4.90 Å².